The van der Waals surface area contributed by atoms with Gasteiger partial charge < -0.3 is 4.43 Å². The van der Waals surface area contributed by atoms with Crippen molar-refractivity contribution in [2.24, 2.45) is 0 Å². The Morgan fingerprint density at radius 1 is 1.29 bits per heavy atom. The Labute approximate surface area is 119 Å². The van der Waals surface area contributed by atoms with Gasteiger partial charge in [0.15, 0.2) is 9.04 Å². The van der Waals surface area contributed by atoms with Crippen molar-refractivity contribution in [3.63, 3.8) is 0 Å². The molecule has 0 N–H and O–H groups in total. The molecule has 0 aliphatic carbocycles. The number of halogens is 2. The Morgan fingerprint density at radius 2 is 1.88 bits per heavy atom. The average molecular weight is 336 g/mol. The van der Waals surface area contributed by atoms with Crippen LogP contribution >= 0.6 is 27.5 Å². The maximum Gasteiger partial charge on any atom is 0.171 e. The summed E-state index contributed by atoms with van der Waals surface area (Å²) in [7, 11) is -1.02. The number of hydrogen-bond donors (Lipinski definition) is 0. The molecule has 96 valence electrons. The van der Waals surface area contributed by atoms with Crippen LogP contribution in [0.3, 0.4) is 0 Å². The van der Waals surface area contributed by atoms with E-state index in [0.717, 1.165) is 9.50 Å². The van der Waals surface area contributed by atoms with E-state index in [1.165, 1.54) is 11.1 Å². The van der Waals surface area contributed by atoms with E-state index in [0.29, 0.717) is 6.61 Å². The zero-order valence-corrected chi connectivity index (χ0v) is 14.6. The molecule has 0 saturated carbocycles. The topological polar surface area (TPSA) is 9.23 Å². The van der Waals surface area contributed by atoms with Crippen LogP contribution in [0.5, 0.6) is 0 Å². The van der Waals surface area contributed by atoms with Gasteiger partial charge in [-0.25, -0.2) is 0 Å². The third-order valence-electron chi connectivity index (χ3n) is 2.52. The van der Waals surface area contributed by atoms with Crippen LogP contribution < -0.4 is 0 Å². The van der Waals surface area contributed by atoms with E-state index in [1.54, 1.807) is 0 Å². The van der Waals surface area contributed by atoms with Crippen LogP contribution in [0.2, 0.25) is 18.1 Å². The number of benzene rings is 1. The SMILES string of the molecule is C[SiH](C)OCc1c(Br)ccc(Cl)c1C(C)(C)C. The first-order valence-corrected chi connectivity index (χ1v) is 9.77. The van der Waals surface area contributed by atoms with Crippen molar-refractivity contribution >= 4 is 36.6 Å². The lowest BCUT2D eigenvalue weighted by atomic mass is 9.84. The Balaban J connectivity index is 3.21. The summed E-state index contributed by atoms with van der Waals surface area (Å²) in [5.74, 6) is 0. The van der Waals surface area contributed by atoms with E-state index in [2.05, 4.69) is 49.8 Å². The fraction of sp³-hybridized carbons (Fsp3) is 0.538. The normalized spacial score (nSPS) is 12.2. The van der Waals surface area contributed by atoms with Crippen molar-refractivity contribution in [2.45, 2.75) is 45.9 Å². The molecule has 0 aliphatic rings. The predicted molar refractivity (Wildman–Crippen MR) is 81.5 cm³/mol. The summed E-state index contributed by atoms with van der Waals surface area (Å²) in [6.07, 6.45) is 0. The van der Waals surface area contributed by atoms with Crippen molar-refractivity contribution in [2.75, 3.05) is 0 Å². The largest absolute Gasteiger partial charge is 0.416 e. The average Bonchev–Trinajstić information content (AvgIpc) is 2.17. The van der Waals surface area contributed by atoms with E-state index >= 15 is 0 Å². The summed E-state index contributed by atoms with van der Waals surface area (Å²) >= 11 is 9.94. The standard InChI is InChI=1S/C13H20BrClOSi/c1-13(2,3)12-9(8-16-17(4)5)10(14)6-7-11(12)15/h6-7,17H,8H2,1-5H3. The summed E-state index contributed by atoms with van der Waals surface area (Å²) < 4.78 is 6.93. The van der Waals surface area contributed by atoms with Crippen molar-refractivity contribution in [1.29, 1.82) is 0 Å². The van der Waals surface area contributed by atoms with Crippen LogP contribution in [-0.4, -0.2) is 9.04 Å². The quantitative estimate of drug-likeness (QED) is 0.714. The summed E-state index contributed by atoms with van der Waals surface area (Å²) in [6.45, 7) is 11.5. The molecule has 1 rings (SSSR count). The summed E-state index contributed by atoms with van der Waals surface area (Å²) in [5, 5.41) is 0.824. The summed E-state index contributed by atoms with van der Waals surface area (Å²) in [6, 6.07) is 3.95. The molecular formula is C13H20BrClOSi. The number of hydrogen-bond acceptors (Lipinski definition) is 1. The van der Waals surface area contributed by atoms with Crippen LogP contribution in [0.25, 0.3) is 0 Å². The van der Waals surface area contributed by atoms with Crippen molar-refractivity contribution in [1.82, 2.24) is 0 Å². The van der Waals surface area contributed by atoms with E-state index in [-0.39, 0.29) is 5.41 Å². The monoisotopic (exact) mass is 334 g/mol. The highest BCUT2D eigenvalue weighted by atomic mass is 79.9. The molecule has 0 aromatic heterocycles. The Kier molecular flexibility index (Phi) is 5.26. The summed E-state index contributed by atoms with van der Waals surface area (Å²) in [5.41, 5.74) is 2.40. The third kappa shape index (κ3) is 4.09. The molecule has 0 fully saturated rings. The molecule has 17 heavy (non-hydrogen) atoms. The first kappa shape index (κ1) is 15.2. The minimum atomic E-state index is -1.02. The lowest BCUT2D eigenvalue weighted by molar-refractivity contribution is 0.310. The van der Waals surface area contributed by atoms with Crippen LogP contribution in [0.1, 0.15) is 31.9 Å². The van der Waals surface area contributed by atoms with Crippen molar-refractivity contribution in [3.05, 3.63) is 32.8 Å². The molecule has 0 radical (unpaired) electrons. The van der Waals surface area contributed by atoms with Gasteiger partial charge in [0.25, 0.3) is 0 Å². The van der Waals surface area contributed by atoms with Gasteiger partial charge in [-0.15, -0.1) is 0 Å². The van der Waals surface area contributed by atoms with Gasteiger partial charge in [-0.05, 0) is 41.8 Å². The first-order chi connectivity index (χ1) is 7.73. The van der Waals surface area contributed by atoms with Gasteiger partial charge in [-0.2, -0.15) is 0 Å². The van der Waals surface area contributed by atoms with Crippen molar-refractivity contribution in [3.8, 4) is 0 Å². The zero-order valence-electron chi connectivity index (χ0n) is 11.1. The van der Waals surface area contributed by atoms with Crippen LogP contribution in [0.4, 0.5) is 0 Å². The van der Waals surface area contributed by atoms with E-state index in [1.807, 2.05) is 12.1 Å². The van der Waals surface area contributed by atoms with Gasteiger partial charge in [0, 0.05) is 9.50 Å². The van der Waals surface area contributed by atoms with Crippen molar-refractivity contribution < 1.29 is 4.43 Å². The molecule has 0 amide bonds. The highest BCUT2D eigenvalue weighted by molar-refractivity contribution is 9.10. The van der Waals surface area contributed by atoms with Gasteiger partial charge in [0.1, 0.15) is 0 Å². The first-order valence-electron chi connectivity index (χ1n) is 5.82. The fourth-order valence-corrected chi connectivity index (χ4v) is 3.20. The molecule has 1 aromatic rings. The molecule has 4 heteroatoms. The molecular weight excluding hydrogens is 316 g/mol. The van der Waals surface area contributed by atoms with Crippen LogP contribution in [0, 0.1) is 0 Å². The second-order valence-corrected chi connectivity index (χ2v) is 9.18. The van der Waals surface area contributed by atoms with E-state index < -0.39 is 9.04 Å². The highest BCUT2D eigenvalue weighted by Gasteiger charge is 2.23. The van der Waals surface area contributed by atoms with E-state index in [9.17, 15) is 0 Å². The molecule has 1 aromatic carbocycles. The highest BCUT2D eigenvalue weighted by Crippen LogP contribution is 2.36. The van der Waals surface area contributed by atoms with Crippen LogP contribution in [-0.2, 0) is 16.4 Å². The lowest BCUT2D eigenvalue weighted by Crippen LogP contribution is -2.17. The molecule has 0 unspecified atom stereocenters. The molecule has 0 atom stereocenters. The lowest BCUT2D eigenvalue weighted by Gasteiger charge is -2.25. The van der Waals surface area contributed by atoms with Gasteiger partial charge in [0.2, 0.25) is 0 Å². The molecule has 0 bridgehead atoms. The molecule has 1 nitrogen and oxygen atoms in total. The smallest absolute Gasteiger partial charge is 0.171 e. The van der Waals surface area contributed by atoms with Gasteiger partial charge in [0.05, 0.1) is 6.61 Å². The maximum atomic E-state index is 6.34. The van der Waals surface area contributed by atoms with E-state index in [4.69, 9.17) is 16.0 Å². The van der Waals surface area contributed by atoms with Gasteiger partial charge in [-0.3, -0.25) is 0 Å². The molecule has 0 aliphatic heterocycles. The zero-order chi connectivity index (χ0) is 13.2. The van der Waals surface area contributed by atoms with Gasteiger partial charge in [-0.1, -0.05) is 48.3 Å². The molecule has 0 spiro atoms. The predicted octanol–water partition coefficient (Wildman–Crippen LogP) is 4.90. The minimum absolute atomic E-state index is 0.0259. The molecule has 0 heterocycles. The van der Waals surface area contributed by atoms with Gasteiger partial charge >= 0.3 is 0 Å². The minimum Gasteiger partial charge on any atom is -0.416 e. The second kappa shape index (κ2) is 5.87. The maximum absolute atomic E-state index is 6.34. The summed E-state index contributed by atoms with van der Waals surface area (Å²) in [4.78, 5) is 0. The second-order valence-electron chi connectivity index (χ2n) is 5.49. The van der Waals surface area contributed by atoms with Crippen LogP contribution in [0.15, 0.2) is 16.6 Å². The Bertz CT molecular complexity index is 399. The third-order valence-corrected chi connectivity index (χ3v) is 4.41. The molecule has 0 saturated heterocycles. The number of rotatable bonds is 3. The Morgan fingerprint density at radius 3 is 2.35 bits per heavy atom. The fourth-order valence-electron chi connectivity index (χ4n) is 1.80. The Hall–Kier alpha value is 0.167.